The van der Waals surface area contributed by atoms with E-state index in [2.05, 4.69) is 0 Å². The highest BCUT2D eigenvalue weighted by molar-refractivity contribution is 5.82. The van der Waals surface area contributed by atoms with Gasteiger partial charge in [-0.25, -0.2) is 13.2 Å². The maximum Gasteiger partial charge on any atom is 0.292 e. The van der Waals surface area contributed by atoms with E-state index in [9.17, 15) is 13.2 Å². The summed E-state index contributed by atoms with van der Waals surface area (Å²) < 4.78 is 46.6. The molecule has 0 atom stereocenters. The second kappa shape index (κ2) is 4.67. The quantitative estimate of drug-likeness (QED) is 0.574. The number of halogens is 3. The van der Waals surface area contributed by atoms with Gasteiger partial charge < -0.3 is 4.74 Å². The molecule has 0 fully saturated rings. The molecule has 1 heterocycles. The zero-order valence-electron chi connectivity index (χ0n) is 10.7. The first kappa shape index (κ1) is 12.7. The number of hydrogen-bond acceptors (Lipinski definition) is 1. The van der Waals surface area contributed by atoms with Gasteiger partial charge >= 0.3 is 0 Å². The minimum absolute atomic E-state index is 0.113. The van der Waals surface area contributed by atoms with E-state index < -0.39 is 17.5 Å². The zero-order chi connectivity index (χ0) is 14.3. The van der Waals surface area contributed by atoms with Gasteiger partial charge in [-0.15, -0.1) is 0 Å². The van der Waals surface area contributed by atoms with E-state index in [4.69, 9.17) is 4.74 Å². The van der Waals surface area contributed by atoms with Crippen molar-refractivity contribution in [1.82, 2.24) is 0 Å². The predicted molar refractivity (Wildman–Crippen MR) is 68.1 cm³/mol. The fourth-order valence-corrected chi connectivity index (χ4v) is 2.17. The zero-order valence-corrected chi connectivity index (χ0v) is 10.7. The molecule has 0 saturated heterocycles. The minimum atomic E-state index is -1.47. The van der Waals surface area contributed by atoms with E-state index in [0.717, 1.165) is 29.0 Å². The van der Waals surface area contributed by atoms with Crippen molar-refractivity contribution in [3.63, 3.8) is 0 Å². The molecule has 1 aliphatic heterocycles. The summed E-state index contributed by atoms with van der Waals surface area (Å²) in [6.07, 6.45) is 1.72. The van der Waals surface area contributed by atoms with E-state index in [0.29, 0.717) is 0 Å². The highest BCUT2D eigenvalue weighted by Gasteiger charge is 2.23. The van der Waals surface area contributed by atoms with Crippen molar-refractivity contribution < 1.29 is 22.5 Å². The van der Waals surface area contributed by atoms with Gasteiger partial charge in [-0.1, -0.05) is 12.1 Å². The van der Waals surface area contributed by atoms with E-state index in [1.54, 1.807) is 6.21 Å². The summed E-state index contributed by atoms with van der Waals surface area (Å²) >= 11 is 0. The number of aryl methyl sites for hydroxylation is 1. The third-order valence-electron chi connectivity index (χ3n) is 3.19. The standard InChI is InChI=1S/C15H11F3NO/c1-9-3-2-4-10-7-19(8-20-15(9)10)11-5-12(16)14(18)13(17)6-11/h2-7H,8H2,1H3/q+1. The van der Waals surface area contributed by atoms with Crippen molar-refractivity contribution in [3.8, 4) is 5.75 Å². The fourth-order valence-electron chi connectivity index (χ4n) is 2.17. The molecule has 0 amide bonds. The summed E-state index contributed by atoms with van der Waals surface area (Å²) in [7, 11) is 0. The van der Waals surface area contributed by atoms with Crippen LogP contribution in [0, 0.1) is 24.4 Å². The van der Waals surface area contributed by atoms with Crippen molar-refractivity contribution in [3.05, 3.63) is 58.9 Å². The summed E-state index contributed by atoms with van der Waals surface area (Å²) in [5, 5.41) is 0. The largest absolute Gasteiger partial charge is 0.435 e. The Morgan fingerprint density at radius 1 is 1.10 bits per heavy atom. The molecule has 102 valence electrons. The van der Waals surface area contributed by atoms with Crippen LogP contribution in [-0.4, -0.2) is 17.5 Å². The Balaban J connectivity index is 2.09. The highest BCUT2D eigenvalue weighted by atomic mass is 19.2. The summed E-state index contributed by atoms with van der Waals surface area (Å²) in [5.74, 6) is -3.17. The van der Waals surface area contributed by atoms with Crippen LogP contribution in [0.4, 0.5) is 18.9 Å². The van der Waals surface area contributed by atoms with Crippen LogP contribution in [0.2, 0.25) is 0 Å². The Morgan fingerprint density at radius 3 is 2.50 bits per heavy atom. The number of ether oxygens (including phenoxy) is 1. The van der Waals surface area contributed by atoms with Crippen LogP contribution in [0.15, 0.2) is 30.3 Å². The molecule has 0 saturated carbocycles. The van der Waals surface area contributed by atoms with Crippen molar-refractivity contribution in [1.29, 1.82) is 0 Å². The lowest BCUT2D eigenvalue weighted by Gasteiger charge is -2.15. The number of para-hydroxylation sites is 1. The Bertz CT molecular complexity index is 702. The van der Waals surface area contributed by atoms with Gasteiger partial charge in [0.25, 0.3) is 6.73 Å². The molecule has 1 aliphatic rings. The normalized spacial score (nSPS) is 13.5. The first-order valence-electron chi connectivity index (χ1n) is 6.05. The van der Waals surface area contributed by atoms with Gasteiger partial charge in [-0.05, 0) is 18.6 Å². The lowest BCUT2D eigenvalue weighted by atomic mass is 10.1. The number of fused-ring (bicyclic) bond motifs is 1. The van der Waals surface area contributed by atoms with Gasteiger partial charge in [0.2, 0.25) is 5.69 Å². The minimum Gasteiger partial charge on any atom is -0.435 e. The SMILES string of the molecule is Cc1cccc2c1OC[N+](c1cc(F)c(F)c(F)c1)=C2. The van der Waals surface area contributed by atoms with E-state index in [1.165, 1.54) is 4.58 Å². The number of benzene rings is 2. The van der Waals surface area contributed by atoms with E-state index >= 15 is 0 Å². The number of rotatable bonds is 1. The molecule has 2 nitrogen and oxygen atoms in total. The molecular weight excluding hydrogens is 267 g/mol. The molecule has 2 aromatic carbocycles. The first-order valence-corrected chi connectivity index (χ1v) is 6.05. The Kier molecular flexibility index (Phi) is 2.97. The third-order valence-corrected chi connectivity index (χ3v) is 3.19. The summed E-state index contributed by atoms with van der Waals surface area (Å²) in [6, 6.07) is 7.51. The van der Waals surface area contributed by atoms with Gasteiger partial charge in [0.15, 0.2) is 23.7 Å². The molecule has 0 bridgehead atoms. The summed E-state index contributed by atoms with van der Waals surface area (Å²) in [5.41, 5.74) is 1.99. The van der Waals surface area contributed by atoms with Crippen LogP contribution in [0.1, 0.15) is 11.1 Å². The molecule has 20 heavy (non-hydrogen) atoms. The Hall–Kier alpha value is -2.30. The topological polar surface area (TPSA) is 12.2 Å². The third kappa shape index (κ3) is 2.05. The van der Waals surface area contributed by atoms with E-state index in [-0.39, 0.29) is 12.4 Å². The average molecular weight is 278 g/mol. The van der Waals surface area contributed by atoms with Gasteiger partial charge in [-0.2, -0.15) is 4.58 Å². The number of nitrogens with zero attached hydrogens (tertiary/aromatic N) is 1. The highest BCUT2D eigenvalue weighted by Crippen LogP contribution is 2.27. The summed E-state index contributed by atoms with van der Waals surface area (Å²) in [4.78, 5) is 0. The van der Waals surface area contributed by atoms with Gasteiger partial charge in [-0.3, -0.25) is 0 Å². The van der Waals surface area contributed by atoms with Crippen molar-refractivity contribution in [2.45, 2.75) is 6.92 Å². The van der Waals surface area contributed by atoms with Crippen molar-refractivity contribution >= 4 is 11.9 Å². The van der Waals surface area contributed by atoms with Crippen LogP contribution in [-0.2, 0) is 0 Å². The second-order valence-electron chi connectivity index (χ2n) is 4.59. The molecule has 0 aromatic heterocycles. The maximum absolute atomic E-state index is 13.3. The lowest BCUT2D eigenvalue weighted by molar-refractivity contribution is -0.476. The molecule has 0 aliphatic carbocycles. The Labute approximate surface area is 113 Å². The summed E-state index contributed by atoms with van der Waals surface area (Å²) in [6.45, 7) is 2.03. The van der Waals surface area contributed by atoms with Crippen molar-refractivity contribution in [2.75, 3.05) is 6.73 Å². The molecule has 3 rings (SSSR count). The Morgan fingerprint density at radius 2 is 1.80 bits per heavy atom. The maximum atomic E-state index is 13.3. The van der Waals surface area contributed by atoms with Gasteiger partial charge in [0.05, 0.1) is 5.56 Å². The van der Waals surface area contributed by atoms with Crippen LogP contribution >= 0.6 is 0 Å². The molecule has 2 aromatic rings. The van der Waals surface area contributed by atoms with Crippen LogP contribution < -0.4 is 4.74 Å². The monoisotopic (exact) mass is 278 g/mol. The first-order chi connectivity index (χ1) is 9.56. The molecule has 0 unspecified atom stereocenters. The average Bonchev–Trinajstić information content (AvgIpc) is 2.44. The molecular formula is C15H11F3NO+. The molecule has 0 radical (unpaired) electrons. The molecule has 0 N–H and O–H groups in total. The second-order valence-corrected chi connectivity index (χ2v) is 4.59. The van der Waals surface area contributed by atoms with Gasteiger partial charge in [0.1, 0.15) is 5.75 Å². The van der Waals surface area contributed by atoms with E-state index in [1.807, 2.05) is 25.1 Å². The van der Waals surface area contributed by atoms with Gasteiger partial charge in [0, 0.05) is 12.1 Å². The predicted octanol–water partition coefficient (Wildman–Crippen LogP) is 3.53. The van der Waals surface area contributed by atoms with Crippen LogP contribution in [0.3, 0.4) is 0 Å². The molecule has 5 heteroatoms. The van der Waals surface area contributed by atoms with Crippen LogP contribution in [0.5, 0.6) is 5.75 Å². The number of hydrogen-bond donors (Lipinski definition) is 0. The lowest BCUT2D eigenvalue weighted by Crippen LogP contribution is -2.21. The van der Waals surface area contributed by atoms with Crippen LogP contribution in [0.25, 0.3) is 0 Å². The fraction of sp³-hybridized carbons (Fsp3) is 0.133. The van der Waals surface area contributed by atoms with Crippen molar-refractivity contribution in [2.24, 2.45) is 0 Å². The smallest absolute Gasteiger partial charge is 0.292 e. The molecule has 0 spiro atoms.